The lowest BCUT2D eigenvalue weighted by atomic mass is 10.1. The van der Waals surface area contributed by atoms with E-state index in [9.17, 15) is 0 Å². The van der Waals surface area contributed by atoms with Crippen LogP contribution in [-0.2, 0) is 13.0 Å². The van der Waals surface area contributed by atoms with Crippen LogP contribution in [-0.4, -0.2) is 24.0 Å². The van der Waals surface area contributed by atoms with Gasteiger partial charge in [0, 0.05) is 6.54 Å². The summed E-state index contributed by atoms with van der Waals surface area (Å²) < 4.78 is 9.94. The van der Waals surface area contributed by atoms with Gasteiger partial charge in [-0.05, 0) is 31.5 Å². The van der Waals surface area contributed by atoms with Crippen molar-refractivity contribution in [1.29, 1.82) is 0 Å². The molecule has 5 heteroatoms. The Morgan fingerprint density at radius 3 is 2.83 bits per heavy atom. The Morgan fingerprint density at radius 2 is 2.11 bits per heavy atom. The maximum absolute atomic E-state index is 5.30. The molecule has 0 aliphatic carbocycles. The first-order valence-electron chi connectivity index (χ1n) is 5.92. The van der Waals surface area contributed by atoms with E-state index in [4.69, 9.17) is 4.74 Å². The van der Waals surface area contributed by atoms with Gasteiger partial charge in [0.1, 0.15) is 17.1 Å². The van der Waals surface area contributed by atoms with Crippen molar-refractivity contribution in [3.8, 4) is 5.75 Å². The van der Waals surface area contributed by atoms with Crippen molar-refractivity contribution in [2.45, 2.75) is 19.9 Å². The number of methoxy groups -OCH3 is 1. The van der Waals surface area contributed by atoms with Crippen LogP contribution in [0.15, 0.2) is 28.9 Å². The quantitative estimate of drug-likeness (QED) is 0.787. The topological polar surface area (TPSA) is 60.2 Å². The smallest absolute Gasteiger partial charge is 0.122 e. The van der Waals surface area contributed by atoms with Crippen LogP contribution in [0.25, 0.3) is 0 Å². The van der Waals surface area contributed by atoms with Crippen molar-refractivity contribution in [3.05, 3.63) is 41.2 Å². The summed E-state index contributed by atoms with van der Waals surface area (Å²) in [5.74, 6) is 0.929. The minimum Gasteiger partial charge on any atom is -0.496 e. The van der Waals surface area contributed by atoms with E-state index in [0.29, 0.717) is 6.54 Å². The fourth-order valence-corrected chi connectivity index (χ4v) is 1.75. The van der Waals surface area contributed by atoms with Gasteiger partial charge in [0.2, 0.25) is 0 Å². The van der Waals surface area contributed by atoms with Gasteiger partial charge in [-0.3, -0.25) is 0 Å². The molecule has 0 saturated heterocycles. The molecule has 1 N–H and O–H groups in total. The van der Waals surface area contributed by atoms with E-state index in [2.05, 4.69) is 26.3 Å². The third-order valence-electron chi connectivity index (χ3n) is 2.80. The minimum absolute atomic E-state index is 0.671. The third kappa shape index (κ3) is 3.07. The molecular weight excluding hydrogens is 230 g/mol. The summed E-state index contributed by atoms with van der Waals surface area (Å²) >= 11 is 0. The lowest BCUT2D eigenvalue weighted by Gasteiger charge is -2.08. The molecule has 1 aromatic heterocycles. The van der Waals surface area contributed by atoms with Crippen molar-refractivity contribution in [3.63, 3.8) is 0 Å². The van der Waals surface area contributed by atoms with Crippen LogP contribution in [0.1, 0.15) is 17.0 Å². The molecule has 0 amide bonds. The third-order valence-corrected chi connectivity index (χ3v) is 2.80. The maximum Gasteiger partial charge on any atom is 0.122 e. The molecule has 0 saturated carbocycles. The second-order valence-corrected chi connectivity index (χ2v) is 4.03. The van der Waals surface area contributed by atoms with E-state index < -0.39 is 0 Å². The van der Waals surface area contributed by atoms with Crippen LogP contribution in [0.4, 0.5) is 0 Å². The Bertz CT molecular complexity index is 496. The molecule has 18 heavy (non-hydrogen) atoms. The summed E-state index contributed by atoms with van der Waals surface area (Å²) in [5, 5.41) is 10.9. The highest BCUT2D eigenvalue weighted by Gasteiger charge is 2.04. The highest BCUT2D eigenvalue weighted by molar-refractivity contribution is 5.33. The van der Waals surface area contributed by atoms with E-state index >= 15 is 0 Å². The van der Waals surface area contributed by atoms with Gasteiger partial charge in [0.15, 0.2) is 0 Å². The molecule has 0 unspecified atom stereocenters. The summed E-state index contributed by atoms with van der Waals surface area (Å²) in [6.45, 7) is 3.41. The van der Waals surface area contributed by atoms with Gasteiger partial charge < -0.3 is 10.1 Å². The fourth-order valence-electron chi connectivity index (χ4n) is 1.75. The minimum atomic E-state index is 0.671. The first-order valence-corrected chi connectivity index (χ1v) is 5.92. The van der Waals surface area contributed by atoms with Gasteiger partial charge >= 0.3 is 0 Å². The lowest BCUT2D eigenvalue weighted by Crippen LogP contribution is -2.17. The van der Waals surface area contributed by atoms with Gasteiger partial charge in [-0.25, -0.2) is 4.63 Å². The molecule has 0 aliphatic heterocycles. The predicted molar refractivity (Wildman–Crippen MR) is 67.4 cm³/mol. The number of nitrogens with one attached hydrogen (secondary N) is 1. The molecule has 0 atom stereocenters. The lowest BCUT2D eigenvalue weighted by molar-refractivity contribution is 0.300. The summed E-state index contributed by atoms with van der Waals surface area (Å²) in [5.41, 5.74) is 2.89. The highest BCUT2D eigenvalue weighted by atomic mass is 16.6. The van der Waals surface area contributed by atoms with Gasteiger partial charge in [-0.2, -0.15) is 0 Å². The second kappa shape index (κ2) is 6.16. The normalized spacial score (nSPS) is 10.6. The second-order valence-electron chi connectivity index (χ2n) is 4.03. The maximum atomic E-state index is 5.30. The average Bonchev–Trinajstić information content (AvgIpc) is 2.81. The van der Waals surface area contributed by atoms with Gasteiger partial charge in [0.25, 0.3) is 0 Å². The van der Waals surface area contributed by atoms with Crippen molar-refractivity contribution in [2.24, 2.45) is 0 Å². The molecule has 1 heterocycles. The zero-order valence-electron chi connectivity index (χ0n) is 10.6. The molecule has 5 nitrogen and oxygen atoms in total. The molecule has 96 valence electrons. The number of nitrogens with zero attached hydrogens (tertiary/aromatic N) is 2. The van der Waals surface area contributed by atoms with Crippen LogP contribution in [0.2, 0.25) is 0 Å². The van der Waals surface area contributed by atoms with Crippen molar-refractivity contribution in [2.75, 3.05) is 13.7 Å². The molecule has 2 aromatic rings. The van der Waals surface area contributed by atoms with Crippen molar-refractivity contribution < 1.29 is 9.37 Å². The Labute approximate surface area is 106 Å². The largest absolute Gasteiger partial charge is 0.496 e. The van der Waals surface area contributed by atoms with E-state index in [1.54, 1.807) is 7.11 Å². The summed E-state index contributed by atoms with van der Waals surface area (Å²) in [4.78, 5) is 0. The number of benzene rings is 1. The summed E-state index contributed by atoms with van der Waals surface area (Å²) in [7, 11) is 1.69. The van der Waals surface area contributed by atoms with Crippen LogP contribution >= 0.6 is 0 Å². The molecule has 1 aromatic carbocycles. The number of hydrogen-bond acceptors (Lipinski definition) is 5. The first kappa shape index (κ1) is 12.6. The monoisotopic (exact) mass is 247 g/mol. The zero-order chi connectivity index (χ0) is 12.8. The first-order chi connectivity index (χ1) is 8.81. The highest BCUT2D eigenvalue weighted by Crippen LogP contribution is 2.17. The SMILES string of the molecule is COc1ccccc1CCNCc1nonc1C. The number of ether oxygens (including phenoxy) is 1. The number of rotatable bonds is 6. The number of aryl methyl sites for hydroxylation is 1. The van der Waals surface area contributed by atoms with Crippen molar-refractivity contribution >= 4 is 0 Å². The molecule has 2 rings (SSSR count). The zero-order valence-corrected chi connectivity index (χ0v) is 10.6. The van der Waals surface area contributed by atoms with Crippen LogP contribution in [0, 0.1) is 6.92 Å². The van der Waals surface area contributed by atoms with E-state index in [0.717, 1.165) is 30.1 Å². The Morgan fingerprint density at radius 1 is 1.28 bits per heavy atom. The van der Waals surface area contributed by atoms with E-state index in [1.165, 1.54) is 5.56 Å². The Kier molecular flexibility index (Phi) is 4.30. The van der Waals surface area contributed by atoms with Gasteiger partial charge in [-0.15, -0.1) is 0 Å². The standard InChI is InChI=1S/C13H17N3O2/c1-10-12(16-18-15-10)9-14-8-7-11-5-3-4-6-13(11)17-2/h3-6,14H,7-9H2,1-2H3. The van der Waals surface area contributed by atoms with Gasteiger partial charge in [-0.1, -0.05) is 28.5 Å². The molecular formula is C13H17N3O2. The van der Waals surface area contributed by atoms with E-state index in [1.807, 2.05) is 25.1 Å². The number of para-hydroxylation sites is 1. The Hall–Kier alpha value is -1.88. The van der Waals surface area contributed by atoms with Crippen LogP contribution in [0.3, 0.4) is 0 Å². The number of aromatic nitrogens is 2. The predicted octanol–water partition coefficient (Wildman–Crippen LogP) is 1.72. The molecule has 0 radical (unpaired) electrons. The summed E-state index contributed by atoms with van der Waals surface area (Å²) in [6, 6.07) is 8.04. The Balaban J connectivity index is 1.80. The van der Waals surface area contributed by atoms with Crippen LogP contribution in [0.5, 0.6) is 5.75 Å². The fraction of sp³-hybridized carbons (Fsp3) is 0.385. The van der Waals surface area contributed by atoms with Crippen LogP contribution < -0.4 is 10.1 Å². The van der Waals surface area contributed by atoms with Gasteiger partial charge in [0.05, 0.1) is 7.11 Å². The molecule has 0 fully saturated rings. The average molecular weight is 247 g/mol. The number of hydrogen-bond donors (Lipinski definition) is 1. The summed E-state index contributed by atoms with van der Waals surface area (Å²) in [6.07, 6.45) is 0.911. The molecule has 0 spiro atoms. The van der Waals surface area contributed by atoms with Crippen molar-refractivity contribution in [1.82, 2.24) is 15.6 Å². The molecule has 0 bridgehead atoms. The van der Waals surface area contributed by atoms with E-state index in [-0.39, 0.29) is 0 Å². The molecule has 0 aliphatic rings.